The summed E-state index contributed by atoms with van der Waals surface area (Å²) in [7, 11) is 0. The molecule has 1 amide bonds. The van der Waals surface area contributed by atoms with Crippen molar-refractivity contribution in [2.75, 3.05) is 11.9 Å². The van der Waals surface area contributed by atoms with E-state index in [1.807, 2.05) is 0 Å². The molecule has 1 atom stereocenters. The van der Waals surface area contributed by atoms with Gasteiger partial charge in [0.25, 0.3) is 0 Å². The molecule has 0 saturated carbocycles. The molecule has 0 unspecified atom stereocenters. The van der Waals surface area contributed by atoms with Crippen LogP contribution in [0.3, 0.4) is 0 Å². The van der Waals surface area contributed by atoms with Gasteiger partial charge in [-0.15, -0.1) is 12.4 Å². The van der Waals surface area contributed by atoms with E-state index in [-0.39, 0.29) is 24.4 Å². The molecule has 2 heterocycles. The van der Waals surface area contributed by atoms with Gasteiger partial charge < -0.3 is 10.6 Å². The van der Waals surface area contributed by atoms with Crippen LogP contribution >= 0.6 is 12.4 Å². The molecule has 0 bridgehead atoms. The lowest BCUT2D eigenvalue weighted by Crippen LogP contribution is -2.35. The summed E-state index contributed by atoms with van der Waals surface area (Å²) in [5.41, 5.74) is 0.726. The number of rotatable bonds is 3. The number of hydrogen-bond acceptors (Lipinski definition) is 4. The first-order chi connectivity index (χ1) is 9.74. The van der Waals surface area contributed by atoms with Crippen LogP contribution in [0.2, 0.25) is 0 Å². The van der Waals surface area contributed by atoms with E-state index in [1.54, 1.807) is 12.1 Å². The Bertz CT molecular complexity index is 613. The Morgan fingerprint density at radius 3 is 2.95 bits per heavy atom. The minimum absolute atomic E-state index is 0. The highest BCUT2D eigenvalue weighted by Gasteiger charge is 2.22. The average Bonchev–Trinajstić information content (AvgIpc) is 3.12. The molecule has 1 aliphatic heterocycles. The van der Waals surface area contributed by atoms with Crippen LogP contribution in [-0.2, 0) is 4.79 Å². The average molecular weight is 312 g/mol. The fourth-order valence-corrected chi connectivity index (χ4v) is 2.24. The first-order valence-electron chi connectivity index (χ1n) is 6.43. The molecule has 21 heavy (non-hydrogen) atoms. The van der Waals surface area contributed by atoms with Crippen molar-refractivity contribution in [3.63, 3.8) is 0 Å². The molecule has 6 nitrogen and oxygen atoms in total. The van der Waals surface area contributed by atoms with Crippen molar-refractivity contribution in [3.05, 3.63) is 36.7 Å². The number of carbonyl (C=O) groups excluding carboxylic acids is 1. The third-order valence-electron chi connectivity index (χ3n) is 3.26. The lowest BCUT2D eigenvalue weighted by atomic mass is 10.2. The highest BCUT2D eigenvalue weighted by Crippen LogP contribution is 2.18. The standard InChI is InChI=1S/C13H14FN5O.ClH/c14-10-6-9(18-13(20)11-2-1-5-16-11)3-4-12(10)19-8-15-7-17-19;/h3-4,6-8,11,16H,1-2,5H2,(H,18,20);1H/t11-;/m0./s1. The SMILES string of the molecule is Cl.O=C(Nc1ccc(-n2cncn2)c(F)c1)[C@@H]1CCCN1. The summed E-state index contributed by atoms with van der Waals surface area (Å²) >= 11 is 0. The third kappa shape index (κ3) is 3.37. The van der Waals surface area contributed by atoms with Gasteiger partial charge in [0, 0.05) is 5.69 Å². The molecule has 1 aromatic heterocycles. The van der Waals surface area contributed by atoms with Crippen molar-refractivity contribution in [1.82, 2.24) is 20.1 Å². The van der Waals surface area contributed by atoms with Gasteiger partial charge in [-0.1, -0.05) is 0 Å². The maximum atomic E-state index is 14.0. The maximum Gasteiger partial charge on any atom is 0.241 e. The number of hydrogen-bond donors (Lipinski definition) is 2. The van der Waals surface area contributed by atoms with Crippen LogP contribution in [0.1, 0.15) is 12.8 Å². The number of benzene rings is 1. The van der Waals surface area contributed by atoms with E-state index >= 15 is 0 Å². The Balaban J connectivity index is 0.00000161. The summed E-state index contributed by atoms with van der Waals surface area (Å²) in [6, 6.07) is 4.30. The number of amides is 1. The van der Waals surface area contributed by atoms with E-state index in [0.717, 1.165) is 19.4 Å². The zero-order chi connectivity index (χ0) is 13.9. The van der Waals surface area contributed by atoms with Crippen LogP contribution < -0.4 is 10.6 Å². The summed E-state index contributed by atoms with van der Waals surface area (Å²) in [4.78, 5) is 15.7. The molecule has 2 N–H and O–H groups in total. The topological polar surface area (TPSA) is 71.8 Å². The second-order valence-corrected chi connectivity index (χ2v) is 4.64. The fourth-order valence-electron chi connectivity index (χ4n) is 2.24. The molecular formula is C13H15ClFN5O. The van der Waals surface area contributed by atoms with E-state index in [1.165, 1.54) is 23.4 Å². The van der Waals surface area contributed by atoms with E-state index < -0.39 is 5.82 Å². The van der Waals surface area contributed by atoms with E-state index in [0.29, 0.717) is 11.4 Å². The van der Waals surface area contributed by atoms with Gasteiger partial charge in [-0.2, -0.15) is 5.10 Å². The number of nitrogens with one attached hydrogen (secondary N) is 2. The lowest BCUT2D eigenvalue weighted by Gasteiger charge is -2.12. The van der Waals surface area contributed by atoms with Crippen LogP contribution in [0.15, 0.2) is 30.9 Å². The van der Waals surface area contributed by atoms with Gasteiger partial charge in [-0.25, -0.2) is 14.1 Å². The zero-order valence-corrected chi connectivity index (χ0v) is 11.9. The smallest absolute Gasteiger partial charge is 0.241 e. The van der Waals surface area contributed by atoms with Crippen LogP contribution in [-0.4, -0.2) is 33.3 Å². The van der Waals surface area contributed by atoms with Gasteiger partial charge in [0.1, 0.15) is 18.3 Å². The summed E-state index contributed by atoms with van der Waals surface area (Å²) in [6.07, 6.45) is 4.54. The van der Waals surface area contributed by atoms with Crippen LogP contribution in [0.25, 0.3) is 5.69 Å². The van der Waals surface area contributed by atoms with Crippen molar-refractivity contribution in [2.24, 2.45) is 0 Å². The second kappa shape index (κ2) is 6.64. The van der Waals surface area contributed by atoms with Crippen LogP contribution in [0.4, 0.5) is 10.1 Å². The number of halogens is 2. The molecule has 1 aromatic carbocycles. The predicted octanol–water partition coefficient (Wildman–Crippen LogP) is 1.52. The molecule has 0 radical (unpaired) electrons. The van der Waals surface area contributed by atoms with Gasteiger partial charge in [-0.05, 0) is 37.6 Å². The van der Waals surface area contributed by atoms with Gasteiger partial charge in [-0.3, -0.25) is 4.79 Å². The molecular weight excluding hydrogens is 297 g/mol. The predicted molar refractivity (Wildman–Crippen MR) is 78.2 cm³/mol. The molecule has 3 rings (SSSR count). The quantitative estimate of drug-likeness (QED) is 0.901. The van der Waals surface area contributed by atoms with E-state index in [4.69, 9.17) is 0 Å². The van der Waals surface area contributed by atoms with Gasteiger partial charge >= 0.3 is 0 Å². The monoisotopic (exact) mass is 311 g/mol. The summed E-state index contributed by atoms with van der Waals surface area (Å²) in [5.74, 6) is -0.594. The Hall–Kier alpha value is -1.99. The number of anilines is 1. The highest BCUT2D eigenvalue weighted by atomic mass is 35.5. The fraction of sp³-hybridized carbons (Fsp3) is 0.308. The van der Waals surface area contributed by atoms with Crippen LogP contribution in [0, 0.1) is 5.82 Å². The molecule has 2 aromatic rings. The first kappa shape index (κ1) is 15.4. The van der Waals surface area contributed by atoms with E-state index in [9.17, 15) is 9.18 Å². The second-order valence-electron chi connectivity index (χ2n) is 4.64. The Morgan fingerprint density at radius 1 is 1.48 bits per heavy atom. The largest absolute Gasteiger partial charge is 0.325 e. The molecule has 8 heteroatoms. The summed E-state index contributed by atoms with van der Waals surface area (Å²) in [5, 5.41) is 9.68. The van der Waals surface area contributed by atoms with Gasteiger partial charge in [0.2, 0.25) is 5.91 Å². The Morgan fingerprint density at radius 2 is 2.33 bits per heavy atom. The van der Waals surface area contributed by atoms with E-state index in [2.05, 4.69) is 20.7 Å². The Labute approximate surface area is 127 Å². The van der Waals surface area contributed by atoms with Gasteiger partial charge in [0.05, 0.1) is 6.04 Å². The summed E-state index contributed by atoms with van der Waals surface area (Å²) < 4.78 is 15.3. The third-order valence-corrected chi connectivity index (χ3v) is 3.26. The maximum absolute atomic E-state index is 14.0. The number of carbonyl (C=O) groups is 1. The lowest BCUT2D eigenvalue weighted by molar-refractivity contribution is -0.117. The van der Waals surface area contributed by atoms with Crippen LogP contribution in [0.5, 0.6) is 0 Å². The van der Waals surface area contributed by atoms with Gasteiger partial charge in [0.15, 0.2) is 5.82 Å². The van der Waals surface area contributed by atoms with Crippen molar-refractivity contribution >= 4 is 24.0 Å². The number of aromatic nitrogens is 3. The molecule has 112 valence electrons. The molecule has 0 spiro atoms. The minimum atomic E-state index is -0.465. The highest BCUT2D eigenvalue weighted by molar-refractivity contribution is 5.95. The molecule has 1 saturated heterocycles. The van der Waals surface area contributed by atoms with Crippen molar-refractivity contribution in [1.29, 1.82) is 0 Å². The van der Waals surface area contributed by atoms with Crippen molar-refractivity contribution < 1.29 is 9.18 Å². The van der Waals surface area contributed by atoms with Crippen molar-refractivity contribution in [3.8, 4) is 5.69 Å². The van der Waals surface area contributed by atoms with Crippen molar-refractivity contribution in [2.45, 2.75) is 18.9 Å². The minimum Gasteiger partial charge on any atom is -0.325 e. The molecule has 1 aliphatic rings. The number of nitrogens with zero attached hydrogens (tertiary/aromatic N) is 3. The molecule has 0 aliphatic carbocycles. The zero-order valence-electron chi connectivity index (χ0n) is 11.1. The Kier molecular flexibility index (Phi) is 4.87. The normalized spacial score (nSPS) is 17.3. The molecule has 1 fully saturated rings. The summed E-state index contributed by atoms with van der Waals surface area (Å²) in [6.45, 7) is 0.845. The first-order valence-corrected chi connectivity index (χ1v) is 6.43.